The molecule has 178 valence electrons. The molecule has 1 aliphatic heterocycles. The van der Waals surface area contributed by atoms with Crippen LogP contribution in [0.5, 0.6) is 0 Å². The van der Waals surface area contributed by atoms with Gasteiger partial charge >= 0.3 is 6.03 Å². The molecule has 2 aliphatic rings. The van der Waals surface area contributed by atoms with Crippen LogP contribution < -0.4 is 14.9 Å². The maximum atomic E-state index is 13.2. The molecular formula is C23H31N5O4S. The van der Waals surface area contributed by atoms with Gasteiger partial charge in [-0.3, -0.25) is 4.79 Å². The molecule has 33 heavy (non-hydrogen) atoms. The van der Waals surface area contributed by atoms with Gasteiger partial charge in [-0.15, -0.1) is 0 Å². The molecule has 2 aromatic rings. The van der Waals surface area contributed by atoms with Gasteiger partial charge in [0.15, 0.2) is 0 Å². The van der Waals surface area contributed by atoms with Gasteiger partial charge in [-0.1, -0.05) is 6.07 Å². The number of carbonyl (C=O) groups excluding carboxylic acids is 2. The third-order valence-electron chi connectivity index (χ3n) is 6.19. The van der Waals surface area contributed by atoms with Crippen molar-refractivity contribution in [2.24, 2.45) is 0 Å². The molecule has 2 N–H and O–H groups in total. The summed E-state index contributed by atoms with van der Waals surface area (Å²) < 4.78 is 29.2. The maximum absolute atomic E-state index is 13.2. The standard InChI is InChI=1S/C23H31N5O4S/c1-16(29)24-18-5-6-20-17(13-18)14-19(33(31,32)25-23(2)7-8-23)15-21(20)27-9-11-28(12-10-27)22(30)26(3)4/h5-6,13-15,25H,7-12H2,1-4H3,(H,24,29). The van der Waals surface area contributed by atoms with Crippen molar-refractivity contribution < 1.29 is 18.0 Å². The zero-order valence-corrected chi connectivity index (χ0v) is 20.3. The maximum Gasteiger partial charge on any atom is 0.319 e. The SMILES string of the molecule is CC(=O)Nc1ccc2c(N3CCN(C(=O)N(C)C)CC3)cc(S(=O)(=O)NC3(C)CC3)cc2c1. The van der Waals surface area contributed by atoms with Crippen molar-refractivity contribution in [1.82, 2.24) is 14.5 Å². The third kappa shape index (κ3) is 5.06. The molecule has 1 saturated heterocycles. The highest BCUT2D eigenvalue weighted by Crippen LogP contribution is 2.38. The number of amides is 3. The van der Waals surface area contributed by atoms with Crippen molar-refractivity contribution in [3.05, 3.63) is 30.3 Å². The Bertz CT molecular complexity index is 1200. The Kier molecular flexibility index (Phi) is 6.00. The van der Waals surface area contributed by atoms with Gasteiger partial charge in [-0.05, 0) is 49.4 Å². The number of piperazine rings is 1. The number of nitrogens with zero attached hydrogens (tertiary/aromatic N) is 3. The fourth-order valence-corrected chi connectivity index (χ4v) is 5.63. The Labute approximate surface area is 194 Å². The Morgan fingerprint density at radius 1 is 1.03 bits per heavy atom. The number of hydrogen-bond acceptors (Lipinski definition) is 5. The van der Waals surface area contributed by atoms with Crippen LogP contribution in [0, 0.1) is 0 Å². The molecular weight excluding hydrogens is 442 g/mol. The number of benzene rings is 2. The average molecular weight is 474 g/mol. The van der Waals surface area contributed by atoms with Crippen LogP contribution in [0.1, 0.15) is 26.7 Å². The molecule has 9 nitrogen and oxygen atoms in total. The van der Waals surface area contributed by atoms with Gasteiger partial charge in [0.1, 0.15) is 0 Å². The van der Waals surface area contributed by atoms with Crippen LogP contribution in [0.4, 0.5) is 16.2 Å². The largest absolute Gasteiger partial charge is 0.367 e. The second-order valence-corrected chi connectivity index (χ2v) is 11.1. The molecule has 2 aromatic carbocycles. The molecule has 0 atom stereocenters. The Balaban J connectivity index is 1.72. The molecule has 0 aromatic heterocycles. The molecule has 2 fully saturated rings. The number of sulfonamides is 1. The minimum Gasteiger partial charge on any atom is -0.367 e. The van der Waals surface area contributed by atoms with Crippen molar-refractivity contribution in [3.63, 3.8) is 0 Å². The number of carbonyl (C=O) groups is 2. The number of fused-ring (bicyclic) bond motifs is 1. The van der Waals surface area contributed by atoms with E-state index in [9.17, 15) is 18.0 Å². The lowest BCUT2D eigenvalue weighted by Gasteiger charge is -2.37. The fraction of sp³-hybridized carbons (Fsp3) is 0.478. The first-order chi connectivity index (χ1) is 15.5. The zero-order valence-electron chi connectivity index (χ0n) is 19.5. The number of rotatable bonds is 5. The first-order valence-electron chi connectivity index (χ1n) is 11.1. The van der Waals surface area contributed by atoms with E-state index >= 15 is 0 Å². The molecule has 0 bridgehead atoms. The Morgan fingerprint density at radius 3 is 2.27 bits per heavy atom. The number of nitrogens with one attached hydrogen (secondary N) is 2. The van der Waals surface area contributed by atoms with Crippen molar-refractivity contribution in [2.45, 2.75) is 37.1 Å². The lowest BCUT2D eigenvalue weighted by atomic mass is 10.1. The molecule has 1 heterocycles. The molecule has 1 saturated carbocycles. The second kappa shape index (κ2) is 8.49. The average Bonchev–Trinajstić information content (AvgIpc) is 3.47. The highest BCUT2D eigenvalue weighted by molar-refractivity contribution is 7.89. The van der Waals surface area contributed by atoms with Gasteiger partial charge in [0.05, 0.1) is 4.90 Å². The second-order valence-electron chi connectivity index (χ2n) is 9.38. The molecule has 0 radical (unpaired) electrons. The summed E-state index contributed by atoms with van der Waals surface area (Å²) in [5.74, 6) is -0.191. The summed E-state index contributed by atoms with van der Waals surface area (Å²) in [6, 6.07) is 8.86. The van der Waals surface area contributed by atoms with E-state index in [1.54, 1.807) is 42.1 Å². The monoisotopic (exact) mass is 473 g/mol. The van der Waals surface area contributed by atoms with Gasteiger partial charge in [-0.25, -0.2) is 17.9 Å². The van der Waals surface area contributed by atoms with Crippen molar-refractivity contribution in [2.75, 3.05) is 50.5 Å². The van der Waals surface area contributed by atoms with Crippen molar-refractivity contribution in [3.8, 4) is 0 Å². The summed E-state index contributed by atoms with van der Waals surface area (Å²) in [7, 11) is -0.249. The van der Waals surface area contributed by atoms with E-state index in [-0.39, 0.29) is 22.4 Å². The van der Waals surface area contributed by atoms with E-state index in [2.05, 4.69) is 14.9 Å². The van der Waals surface area contributed by atoms with Crippen molar-refractivity contribution >= 4 is 44.1 Å². The predicted octanol–water partition coefficient (Wildman–Crippen LogP) is 2.43. The lowest BCUT2D eigenvalue weighted by Crippen LogP contribution is -2.51. The molecule has 4 rings (SSSR count). The highest BCUT2D eigenvalue weighted by atomic mass is 32.2. The molecule has 10 heteroatoms. The molecule has 0 unspecified atom stereocenters. The van der Waals surface area contributed by atoms with E-state index in [1.807, 2.05) is 19.1 Å². The normalized spacial score (nSPS) is 17.7. The minimum atomic E-state index is -3.71. The van der Waals surface area contributed by atoms with E-state index in [0.717, 1.165) is 29.3 Å². The van der Waals surface area contributed by atoms with E-state index in [4.69, 9.17) is 0 Å². The predicted molar refractivity (Wildman–Crippen MR) is 129 cm³/mol. The number of anilines is 2. The first kappa shape index (κ1) is 23.3. The van der Waals surface area contributed by atoms with Crippen LogP contribution in [-0.2, 0) is 14.8 Å². The van der Waals surface area contributed by atoms with E-state index < -0.39 is 10.0 Å². The van der Waals surface area contributed by atoms with Crippen LogP contribution in [0.25, 0.3) is 10.8 Å². The van der Waals surface area contributed by atoms with Crippen LogP contribution in [0.3, 0.4) is 0 Å². The minimum absolute atomic E-state index is 0.0299. The first-order valence-corrected chi connectivity index (χ1v) is 12.6. The summed E-state index contributed by atoms with van der Waals surface area (Å²) >= 11 is 0. The van der Waals surface area contributed by atoms with Crippen molar-refractivity contribution in [1.29, 1.82) is 0 Å². The van der Waals surface area contributed by atoms with E-state index in [0.29, 0.717) is 31.9 Å². The summed E-state index contributed by atoms with van der Waals surface area (Å²) in [4.78, 5) is 29.5. The Morgan fingerprint density at radius 2 is 1.70 bits per heavy atom. The molecule has 1 aliphatic carbocycles. The van der Waals surface area contributed by atoms with Gasteiger partial charge in [0, 0.05) is 69.5 Å². The molecule has 0 spiro atoms. The number of urea groups is 1. The van der Waals surface area contributed by atoms with E-state index in [1.165, 1.54) is 6.92 Å². The topological polar surface area (TPSA) is 102 Å². The Hall–Kier alpha value is -2.85. The summed E-state index contributed by atoms with van der Waals surface area (Å²) in [6.45, 7) is 5.63. The number of hydrogen-bond donors (Lipinski definition) is 2. The van der Waals surface area contributed by atoms with Gasteiger partial charge < -0.3 is 20.0 Å². The summed E-state index contributed by atoms with van der Waals surface area (Å²) in [5.41, 5.74) is 1.03. The van der Waals surface area contributed by atoms with Crippen LogP contribution in [0.2, 0.25) is 0 Å². The third-order valence-corrected chi connectivity index (χ3v) is 7.81. The molecule has 3 amide bonds. The summed E-state index contributed by atoms with van der Waals surface area (Å²) in [6.07, 6.45) is 1.64. The van der Waals surface area contributed by atoms with Gasteiger partial charge in [0.2, 0.25) is 15.9 Å². The van der Waals surface area contributed by atoms with Crippen LogP contribution in [-0.4, -0.2) is 76.0 Å². The zero-order chi connectivity index (χ0) is 24.0. The van der Waals surface area contributed by atoms with Gasteiger partial charge in [-0.2, -0.15) is 0 Å². The quantitative estimate of drug-likeness (QED) is 0.695. The lowest BCUT2D eigenvalue weighted by molar-refractivity contribution is -0.114. The fourth-order valence-electron chi connectivity index (χ4n) is 4.11. The van der Waals surface area contributed by atoms with Crippen LogP contribution in [0.15, 0.2) is 35.2 Å². The van der Waals surface area contributed by atoms with Gasteiger partial charge in [0.25, 0.3) is 0 Å². The smallest absolute Gasteiger partial charge is 0.319 e. The van der Waals surface area contributed by atoms with Crippen LogP contribution >= 0.6 is 0 Å². The summed E-state index contributed by atoms with van der Waals surface area (Å²) in [5, 5.41) is 4.39. The highest BCUT2D eigenvalue weighted by Gasteiger charge is 2.41.